The molecule has 26 heavy (non-hydrogen) atoms. The largest absolute Gasteiger partial charge is 0.454 e. The Morgan fingerprint density at radius 1 is 1.31 bits per heavy atom. The molecule has 2 aromatic rings. The molecule has 0 radical (unpaired) electrons. The number of aryl methyl sites for hydroxylation is 1. The van der Waals surface area contributed by atoms with Crippen molar-refractivity contribution in [3.8, 4) is 11.5 Å². The van der Waals surface area contributed by atoms with Gasteiger partial charge >= 0.3 is 0 Å². The lowest BCUT2D eigenvalue weighted by Crippen LogP contribution is -2.39. The number of nitrogens with zero attached hydrogens (tertiary/aromatic N) is 2. The molecule has 2 aliphatic rings. The van der Waals surface area contributed by atoms with Gasteiger partial charge in [0.2, 0.25) is 12.7 Å². The number of carbonyl (C=O) groups excluding carboxylic acids is 2. The highest BCUT2D eigenvalue weighted by Gasteiger charge is 2.25. The third kappa shape index (κ3) is 3.10. The molecule has 0 saturated heterocycles. The Hall–Kier alpha value is -3.03. The van der Waals surface area contributed by atoms with Gasteiger partial charge in [0.05, 0.1) is 18.8 Å². The van der Waals surface area contributed by atoms with E-state index in [4.69, 9.17) is 9.47 Å². The van der Waals surface area contributed by atoms with Gasteiger partial charge < -0.3 is 20.1 Å². The third-order valence-corrected chi connectivity index (χ3v) is 4.76. The molecule has 0 saturated carbocycles. The average molecular weight is 356 g/mol. The summed E-state index contributed by atoms with van der Waals surface area (Å²) < 4.78 is 12.3. The zero-order chi connectivity index (χ0) is 18.1. The molecule has 0 fully saturated rings. The number of amides is 2. The molecule has 136 valence electrons. The highest BCUT2D eigenvalue weighted by Crippen LogP contribution is 2.32. The van der Waals surface area contributed by atoms with Crippen LogP contribution >= 0.6 is 0 Å². The zero-order valence-corrected chi connectivity index (χ0v) is 14.4. The van der Waals surface area contributed by atoms with Crippen molar-refractivity contribution >= 4 is 11.8 Å². The highest BCUT2D eigenvalue weighted by atomic mass is 16.7. The first-order valence-electron chi connectivity index (χ1n) is 8.60. The van der Waals surface area contributed by atoms with Gasteiger partial charge in [0.15, 0.2) is 11.5 Å². The third-order valence-electron chi connectivity index (χ3n) is 4.76. The molecule has 2 N–H and O–H groups in total. The number of nitrogens with one attached hydrogen (secondary N) is 2. The van der Waals surface area contributed by atoms with Gasteiger partial charge in [-0.25, -0.2) is 0 Å². The quantitative estimate of drug-likeness (QED) is 0.855. The van der Waals surface area contributed by atoms with Crippen molar-refractivity contribution < 1.29 is 19.1 Å². The molecule has 0 bridgehead atoms. The number of benzene rings is 1. The van der Waals surface area contributed by atoms with Crippen molar-refractivity contribution in [3.63, 3.8) is 0 Å². The van der Waals surface area contributed by atoms with Crippen LogP contribution in [0.3, 0.4) is 0 Å². The molecule has 1 aromatic heterocycles. The van der Waals surface area contributed by atoms with E-state index in [9.17, 15) is 9.59 Å². The number of aromatic nitrogens is 2. The fourth-order valence-corrected chi connectivity index (χ4v) is 3.40. The summed E-state index contributed by atoms with van der Waals surface area (Å²) in [5.41, 5.74) is 2.65. The van der Waals surface area contributed by atoms with Gasteiger partial charge in [0.25, 0.3) is 5.91 Å². The maximum Gasteiger partial charge on any atom is 0.251 e. The molecule has 2 heterocycles. The molecule has 2 amide bonds. The van der Waals surface area contributed by atoms with E-state index < -0.39 is 0 Å². The number of fused-ring (bicyclic) bond motifs is 2. The zero-order valence-electron chi connectivity index (χ0n) is 14.4. The number of rotatable bonds is 4. The van der Waals surface area contributed by atoms with Crippen molar-refractivity contribution in [2.75, 3.05) is 13.3 Å². The van der Waals surface area contributed by atoms with Crippen molar-refractivity contribution in [3.05, 3.63) is 41.2 Å². The van der Waals surface area contributed by atoms with Crippen molar-refractivity contribution in [1.82, 2.24) is 20.4 Å². The summed E-state index contributed by atoms with van der Waals surface area (Å²) >= 11 is 0. The lowest BCUT2D eigenvalue weighted by atomic mass is 9.93. The van der Waals surface area contributed by atoms with Crippen molar-refractivity contribution in [1.29, 1.82) is 0 Å². The van der Waals surface area contributed by atoms with Crippen LogP contribution in [0.2, 0.25) is 0 Å². The summed E-state index contributed by atoms with van der Waals surface area (Å²) in [4.78, 5) is 24.5. The molecule has 1 aromatic carbocycles. The van der Waals surface area contributed by atoms with Crippen LogP contribution in [0, 0.1) is 0 Å². The molecule has 0 unspecified atom stereocenters. The van der Waals surface area contributed by atoms with Crippen LogP contribution in [0.1, 0.15) is 40.5 Å². The van der Waals surface area contributed by atoms with Crippen LogP contribution in [-0.2, 0) is 18.3 Å². The molecule has 1 aliphatic carbocycles. The van der Waals surface area contributed by atoms with Gasteiger partial charge in [0.1, 0.15) is 0 Å². The van der Waals surface area contributed by atoms with E-state index in [2.05, 4.69) is 15.7 Å². The normalized spacial score (nSPS) is 17.5. The minimum atomic E-state index is -0.329. The number of hydrogen-bond donors (Lipinski definition) is 2. The Morgan fingerprint density at radius 2 is 2.15 bits per heavy atom. The lowest BCUT2D eigenvalue weighted by Gasteiger charge is -2.23. The summed E-state index contributed by atoms with van der Waals surface area (Å²) in [5, 5.41) is 9.90. The molecule has 8 heteroatoms. The van der Waals surface area contributed by atoms with E-state index in [0.717, 1.165) is 30.5 Å². The first-order valence-corrected chi connectivity index (χ1v) is 8.60. The highest BCUT2D eigenvalue weighted by molar-refractivity contribution is 5.97. The summed E-state index contributed by atoms with van der Waals surface area (Å²) in [6.45, 7) is 0.0693. The minimum Gasteiger partial charge on any atom is -0.454 e. The molecular formula is C18H20N4O4. The maximum atomic E-state index is 12.3. The van der Waals surface area contributed by atoms with E-state index in [0.29, 0.717) is 17.1 Å². The van der Waals surface area contributed by atoms with Gasteiger partial charge in [-0.15, -0.1) is 0 Å². The van der Waals surface area contributed by atoms with Crippen LogP contribution in [0.15, 0.2) is 24.4 Å². The van der Waals surface area contributed by atoms with E-state index in [-0.39, 0.29) is 31.2 Å². The van der Waals surface area contributed by atoms with Crippen LogP contribution in [-0.4, -0.2) is 34.9 Å². The molecule has 8 nitrogen and oxygen atoms in total. The summed E-state index contributed by atoms with van der Waals surface area (Å²) in [6.07, 6.45) is 4.66. The second-order valence-electron chi connectivity index (χ2n) is 6.43. The number of ether oxygens (including phenoxy) is 2. The van der Waals surface area contributed by atoms with Gasteiger partial charge in [-0.3, -0.25) is 14.3 Å². The van der Waals surface area contributed by atoms with Crippen molar-refractivity contribution in [2.45, 2.75) is 25.3 Å². The number of hydrogen-bond acceptors (Lipinski definition) is 5. The summed E-state index contributed by atoms with van der Waals surface area (Å²) in [7, 11) is 1.91. The van der Waals surface area contributed by atoms with Gasteiger partial charge in [0, 0.05) is 23.9 Å². The van der Waals surface area contributed by atoms with E-state index in [1.165, 1.54) is 0 Å². The fourth-order valence-electron chi connectivity index (χ4n) is 3.40. The van der Waals surface area contributed by atoms with E-state index in [1.807, 2.05) is 17.9 Å². The molecule has 0 spiro atoms. The smallest absolute Gasteiger partial charge is 0.251 e. The predicted octanol–water partition coefficient (Wildman–Crippen LogP) is 1.07. The topological polar surface area (TPSA) is 94.5 Å². The number of carbonyl (C=O) groups is 2. The molecular weight excluding hydrogens is 336 g/mol. The average Bonchev–Trinajstić information content (AvgIpc) is 3.26. The lowest BCUT2D eigenvalue weighted by molar-refractivity contribution is -0.121. The van der Waals surface area contributed by atoms with Crippen molar-refractivity contribution in [2.24, 2.45) is 7.05 Å². The maximum absolute atomic E-state index is 12.3. The SMILES string of the molecule is Cn1ncc2c1CCC[C@H]2NC(=O)CNC(=O)c1ccc2c(c1)OCO2. The first-order chi connectivity index (χ1) is 12.6. The molecule has 4 rings (SSSR count). The predicted molar refractivity (Wildman–Crippen MR) is 91.9 cm³/mol. The minimum absolute atomic E-state index is 0.0533. The molecule has 1 atom stereocenters. The van der Waals surface area contributed by atoms with E-state index in [1.54, 1.807) is 18.2 Å². The summed E-state index contributed by atoms with van der Waals surface area (Å²) in [6, 6.07) is 4.88. The first kappa shape index (κ1) is 16.4. The second-order valence-corrected chi connectivity index (χ2v) is 6.43. The standard InChI is InChI=1S/C18H20N4O4/c1-22-14-4-2-3-13(12(14)8-20-22)21-17(23)9-19-18(24)11-5-6-15-16(7-11)26-10-25-15/h5-8,13H,2-4,9-10H2,1H3,(H,19,24)(H,21,23)/t13-/m1/s1. The fraction of sp³-hybridized carbons (Fsp3) is 0.389. The van der Waals surface area contributed by atoms with E-state index >= 15 is 0 Å². The van der Waals surface area contributed by atoms with Gasteiger partial charge in [-0.1, -0.05) is 0 Å². The van der Waals surface area contributed by atoms with Crippen LogP contribution < -0.4 is 20.1 Å². The van der Waals surface area contributed by atoms with Crippen LogP contribution in [0.4, 0.5) is 0 Å². The Kier molecular flexibility index (Phi) is 4.24. The Balaban J connectivity index is 1.34. The Labute approximate surface area is 150 Å². The Morgan fingerprint density at radius 3 is 3.04 bits per heavy atom. The monoisotopic (exact) mass is 356 g/mol. The van der Waals surface area contributed by atoms with Crippen LogP contribution in [0.25, 0.3) is 0 Å². The van der Waals surface area contributed by atoms with Gasteiger partial charge in [-0.2, -0.15) is 5.10 Å². The Bertz CT molecular complexity index is 861. The van der Waals surface area contributed by atoms with Crippen LogP contribution in [0.5, 0.6) is 11.5 Å². The van der Waals surface area contributed by atoms with Gasteiger partial charge in [-0.05, 0) is 37.5 Å². The second kappa shape index (κ2) is 6.70. The molecule has 1 aliphatic heterocycles. The summed E-state index contributed by atoms with van der Waals surface area (Å²) in [5.74, 6) is 0.599.